The van der Waals surface area contributed by atoms with Crippen molar-refractivity contribution in [1.29, 1.82) is 0 Å². The second-order valence-corrected chi connectivity index (χ2v) is 10.0. The molecule has 2 fully saturated rings. The first-order valence-electron chi connectivity index (χ1n) is 9.81. The summed E-state index contributed by atoms with van der Waals surface area (Å²) >= 11 is 0. The van der Waals surface area contributed by atoms with E-state index in [-0.39, 0.29) is 48.6 Å². The van der Waals surface area contributed by atoms with Gasteiger partial charge in [0.15, 0.2) is 21.3 Å². The number of anilines is 1. The third-order valence-electron chi connectivity index (χ3n) is 5.56. The normalized spacial score (nSPS) is 23.7. The number of benzene rings is 1. The first-order chi connectivity index (χ1) is 13.9. The molecule has 1 aromatic rings. The first-order valence-corrected chi connectivity index (χ1v) is 11.6. The number of nitrogens with zero attached hydrogens (tertiary/aromatic N) is 1. The van der Waals surface area contributed by atoms with Crippen molar-refractivity contribution < 1.29 is 27.5 Å². The molecular formula is C19H25N3O6S. The third-order valence-corrected chi connectivity index (χ3v) is 7.33. The van der Waals surface area contributed by atoms with Crippen molar-refractivity contribution in [2.45, 2.75) is 25.3 Å². The smallest absolute Gasteiger partial charge is 0.234 e. The largest absolute Gasteiger partial charge is 0.454 e. The van der Waals surface area contributed by atoms with E-state index in [0.717, 1.165) is 0 Å². The van der Waals surface area contributed by atoms with Crippen LogP contribution in [0.25, 0.3) is 0 Å². The minimum Gasteiger partial charge on any atom is -0.454 e. The summed E-state index contributed by atoms with van der Waals surface area (Å²) in [7, 11) is -3.01. The van der Waals surface area contributed by atoms with E-state index in [4.69, 9.17) is 9.47 Å². The van der Waals surface area contributed by atoms with Crippen LogP contribution in [0.3, 0.4) is 0 Å². The molecule has 29 heavy (non-hydrogen) atoms. The minimum absolute atomic E-state index is 0.0286. The van der Waals surface area contributed by atoms with Crippen LogP contribution in [0.2, 0.25) is 0 Å². The van der Waals surface area contributed by atoms with Crippen LogP contribution < -0.4 is 20.1 Å². The number of likely N-dealkylation sites (tertiary alicyclic amines) is 1. The van der Waals surface area contributed by atoms with Crippen LogP contribution in [0, 0.1) is 5.92 Å². The average Bonchev–Trinajstić information content (AvgIpc) is 3.27. The van der Waals surface area contributed by atoms with Gasteiger partial charge in [0.2, 0.25) is 18.6 Å². The van der Waals surface area contributed by atoms with Gasteiger partial charge in [-0.3, -0.25) is 14.5 Å². The summed E-state index contributed by atoms with van der Waals surface area (Å²) in [6.07, 6.45) is 1.82. The molecule has 0 aliphatic carbocycles. The first kappa shape index (κ1) is 20.0. The van der Waals surface area contributed by atoms with Crippen LogP contribution in [0.1, 0.15) is 19.3 Å². The van der Waals surface area contributed by atoms with Gasteiger partial charge in [-0.05, 0) is 44.5 Å². The lowest BCUT2D eigenvalue weighted by Crippen LogP contribution is -2.46. The van der Waals surface area contributed by atoms with Crippen molar-refractivity contribution in [1.82, 2.24) is 10.2 Å². The Balaban J connectivity index is 1.21. The summed E-state index contributed by atoms with van der Waals surface area (Å²) in [6.45, 7) is 1.72. The zero-order chi connectivity index (χ0) is 20.4. The van der Waals surface area contributed by atoms with E-state index in [0.29, 0.717) is 49.5 Å². The fourth-order valence-corrected chi connectivity index (χ4v) is 5.63. The number of rotatable bonds is 5. The Kier molecular flexibility index (Phi) is 5.64. The van der Waals surface area contributed by atoms with Crippen molar-refractivity contribution in [2.24, 2.45) is 5.92 Å². The van der Waals surface area contributed by atoms with Crippen LogP contribution in [-0.2, 0) is 19.4 Å². The van der Waals surface area contributed by atoms with E-state index in [2.05, 4.69) is 10.6 Å². The van der Waals surface area contributed by atoms with E-state index in [1.54, 1.807) is 18.2 Å². The molecule has 158 valence electrons. The van der Waals surface area contributed by atoms with Gasteiger partial charge in [0.1, 0.15) is 0 Å². The van der Waals surface area contributed by atoms with Gasteiger partial charge in [-0.2, -0.15) is 0 Å². The highest BCUT2D eigenvalue weighted by atomic mass is 32.2. The summed E-state index contributed by atoms with van der Waals surface area (Å²) in [5, 5.41) is 5.73. The highest BCUT2D eigenvalue weighted by Gasteiger charge is 2.30. The molecule has 3 aliphatic rings. The maximum absolute atomic E-state index is 12.5. The SMILES string of the molecule is O=C(CN1CCC(C(=O)Nc2ccc3c(c2)OCO3)CC1)N[C@H]1CCS(=O)(=O)C1. The van der Waals surface area contributed by atoms with Crippen LogP contribution >= 0.6 is 0 Å². The van der Waals surface area contributed by atoms with Gasteiger partial charge >= 0.3 is 0 Å². The summed E-state index contributed by atoms with van der Waals surface area (Å²) < 4.78 is 33.6. The molecule has 4 rings (SSSR count). The molecule has 10 heteroatoms. The number of piperidine rings is 1. The predicted molar refractivity (Wildman–Crippen MR) is 106 cm³/mol. The van der Waals surface area contributed by atoms with Gasteiger partial charge in [-0.25, -0.2) is 8.42 Å². The molecule has 3 heterocycles. The Morgan fingerprint density at radius 2 is 1.86 bits per heavy atom. The topological polar surface area (TPSA) is 114 Å². The monoisotopic (exact) mass is 423 g/mol. The van der Waals surface area contributed by atoms with E-state index in [1.807, 2.05) is 4.90 Å². The molecule has 9 nitrogen and oxygen atoms in total. The number of ether oxygens (including phenoxy) is 2. The molecule has 0 aromatic heterocycles. The molecule has 2 saturated heterocycles. The molecule has 1 atom stereocenters. The van der Waals surface area contributed by atoms with E-state index < -0.39 is 9.84 Å². The van der Waals surface area contributed by atoms with Crippen LogP contribution in [0.5, 0.6) is 11.5 Å². The number of hydrogen-bond acceptors (Lipinski definition) is 7. The number of amides is 2. The van der Waals surface area contributed by atoms with E-state index in [9.17, 15) is 18.0 Å². The van der Waals surface area contributed by atoms with E-state index in [1.165, 1.54) is 0 Å². The van der Waals surface area contributed by atoms with Crippen molar-refractivity contribution in [3.8, 4) is 11.5 Å². The zero-order valence-corrected chi connectivity index (χ0v) is 16.9. The number of hydrogen-bond donors (Lipinski definition) is 2. The quantitative estimate of drug-likeness (QED) is 0.703. The molecule has 0 bridgehead atoms. The van der Waals surface area contributed by atoms with Crippen molar-refractivity contribution in [3.05, 3.63) is 18.2 Å². The molecule has 3 aliphatic heterocycles. The van der Waals surface area contributed by atoms with Gasteiger partial charge in [0.25, 0.3) is 0 Å². The Hall–Kier alpha value is -2.33. The third kappa shape index (κ3) is 4.99. The lowest BCUT2D eigenvalue weighted by molar-refractivity contribution is -0.123. The average molecular weight is 423 g/mol. The maximum Gasteiger partial charge on any atom is 0.234 e. The van der Waals surface area contributed by atoms with Gasteiger partial charge in [-0.15, -0.1) is 0 Å². The number of carbonyl (C=O) groups is 2. The van der Waals surface area contributed by atoms with E-state index >= 15 is 0 Å². The zero-order valence-electron chi connectivity index (χ0n) is 16.1. The second-order valence-electron chi connectivity index (χ2n) is 7.78. The Morgan fingerprint density at radius 3 is 2.59 bits per heavy atom. The van der Waals surface area contributed by atoms with Gasteiger partial charge in [-0.1, -0.05) is 0 Å². The van der Waals surface area contributed by atoms with Crippen LogP contribution in [-0.4, -0.2) is 69.1 Å². The summed E-state index contributed by atoms with van der Waals surface area (Å²) in [6, 6.07) is 5.03. The molecule has 0 spiro atoms. The Labute approximate surface area is 169 Å². The molecule has 2 amide bonds. The number of nitrogens with one attached hydrogen (secondary N) is 2. The fourth-order valence-electron chi connectivity index (χ4n) is 3.96. The molecule has 0 saturated carbocycles. The van der Waals surface area contributed by atoms with Gasteiger partial charge in [0.05, 0.1) is 18.1 Å². The number of sulfone groups is 1. The van der Waals surface area contributed by atoms with Crippen molar-refractivity contribution >= 4 is 27.3 Å². The van der Waals surface area contributed by atoms with Gasteiger partial charge in [0, 0.05) is 23.7 Å². The van der Waals surface area contributed by atoms with Crippen molar-refractivity contribution in [2.75, 3.05) is 43.2 Å². The predicted octanol–water partition coefficient (Wildman–Crippen LogP) is 0.369. The molecular weight excluding hydrogens is 398 g/mol. The van der Waals surface area contributed by atoms with Crippen LogP contribution in [0.15, 0.2) is 18.2 Å². The van der Waals surface area contributed by atoms with Gasteiger partial charge < -0.3 is 20.1 Å². The molecule has 0 radical (unpaired) electrons. The fraction of sp³-hybridized carbons (Fsp3) is 0.579. The molecule has 0 unspecified atom stereocenters. The number of fused-ring (bicyclic) bond motifs is 1. The minimum atomic E-state index is -3.01. The van der Waals surface area contributed by atoms with Crippen LogP contribution in [0.4, 0.5) is 5.69 Å². The standard InChI is InChI=1S/C19H25N3O6S/c23-18(20-15-5-8-29(25,26)11-15)10-22-6-3-13(4-7-22)19(24)21-14-1-2-16-17(9-14)28-12-27-16/h1-2,9,13,15H,3-8,10-12H2,(H,20,23)(H,21,24)/t15-/m0/s1. The highest BCUT2D eigenvalue weighted by molar-refractivity contribution is 7.91. The summed E-state index contributed by atoms with van der Waals surface area (Å²) in [5.41, 5.74) is 0.674. The Bertz CT molecular complexity index is 895. The lowest BCUT2D eigenvalue weighted by atomic mass is 9.95. The molecule has 1 aromatic carbocycles. The van der Waals surface area contributed by atoms with Crippen molar-refractivity contribution in [3.63, 3.8) is 0 Å². The Morgan fingerprint density at radius 1 is 1.10 bits per heavy atom. The lowest BCUT2D eigenvalue weighted by Gasteiger charge is -2.31. The highest BCUT2D eigenvalue weighted by Crippen LogP contribution is 2.34. The summed E-state index contributed by atoms with van der Waals surface area (Å²) in [4.78, 5) is 26.7. The second kappa shape index (κ2) is 8.19. The molecule has 2 N–H and O–H groups in total. The summed E-state index contributed by atoms with van der Waals surface area (Å²) in [5.74, 6) is 1.16. The maximum atomic E-state index is 12.5. The number of carbonyl (C=O) groups excluding carboxylic acids is 2.